The standard InChI is InChI=1S/C25H27N5O4S/c1-17-6-5-7-19(14-17)30-18(2)26-27-25(30)35-16-23(31)28-10-12-29(13-11-28)24(32)22-15-33-20-8-3-4-9-21(20)34-22/h3-9,14,22H,10-13,15-16H2,1-2H3/t22-/m1/s1. The predicted molar refractivity (Wildman–Crippen MR) is 131 cm³/mol. The Bertz CT molecular complexity index is 1240. The summed E-state index contributed by atoms with van der Waals surface area (Å²) in [5.74, 6) is 2.17. The van der Waals surface area contributed by atoms with E-state index in [4.69, 9.17) is 9.47 Å². The van der Waals surface area contributed by atoms with E-state index in [0.29, 0.717) is 42.8 Å². The number of aryl methyl sites for hydroxylation is 2. The van der Waals surface area contributed by atoms with E-state index in [9.17, 15) is 9.59 Å². The largest absolute Gasteiger partial charge is 0.485 e. The summed E-state index contributed by atoms with van der Waals surface area (Å²) in [6, 6.07) is 15.4. The van der Waals surface area contributed by atoms with Crippen molar-refractivity contribution in [3.63, 3.8) is 0 Å². The molecule has 1 fully saturated rings. The Morgan fingerprint density at radius 3 is 2.49 bits per heavy atom. The molecule has 0 N–H and O–H groups in total. The molecule has 9 nitrogen and oxygen atoms in total. The smallest absolute Gasteiger partial charge is 0.267 e. The summed E-state index contributed by atoms with van der Waals surface area (Å²) in [6.45, 7) is 6.03. The molecule has 1 saturated heterocycles. The molecular formula is C25H27N5O4S. The van der Waals surface area contributed by atoms with Crippen molar-refractivity contribution in [3.8, 4) is 17.2 Å². The number of thioether (sulfide) groups is 1. The number of carbonyl (C=O) groups excluding carboxylic acids is 2. The van der Waals surface area contributed by atoms with Gasteiger partial charge in [-0.25, -0.2) is 0 Å². The molecule has 2 aliphatic heterocycles. The summed E-state index contributed by atoms with van der Waals surface area (Å²) in [4.78, 5) is 29.4. The number of nitrogens with zero attached hydrogens (tertiary/aromatic N) is 5. The molecule has 0 unspecified atom stereocenters. The second-order valence-electron chi connectivity index (χ2n) is 8.56. The molecule has 2 amide bonds. The maximum atomic E-state index is 12.9. The summed E-state index contributed by atoms with van der Waals surface area (Å²) in [5.41, 5.74) is 2.12. The molecule has 2 aromatic carbocycles. The van der Waals surface area contributed by atoms with E-state index >= 15 is 0 Å². The van der Waals surface area contributed by atoms with Gasteiger partial charge in [0.25, 0.3) is 5.91 Å². The van der Waals surface area contributed by atoms with E-state index < -0.39 is 6.10 Å². The summed E-state index contributed by atoms with van der Waals surface area (Å²) in [5, 5.41) is 9.16. The van der Waals surface area contributed by atoms with Crippen LogP contribution < -0.4 is 9.47 Å². The molecule has 182 valence electrons. The molecule has 2 aliphatic rings. The third kappa shape index (κ3) is 4.97. The first-order valence-electron chi connectivity index (χ1n) is 11.6. The van der Waals surface area contributed by atoms with E-state index in [0.717, 1.165) is 17.1 Å². The SMILES string of the molecule is Cc1cccc(-n2c(C)nnc2SCC(=O)N2CCN(C(=O)[C@H]3COc4ccccc4O3)CC2)c1. The van der Waals surface area contributed by atoms with Crippen LogP contribution in [-0.4, -0.2) is 81.0 Å². The fraction of sp³-hybridized carbons (Fsp3) is 0.360. The van der Waals surface area contributed by atoms with Crippen molar-refractivity contribution in [2.75, 3.05) is 38.5 Å². The number of para-hydroxylation sites is 2. The highest BCUT2D eigenvalue weighted by Gasteiger charge is 2.33. The normalized spacial score (nSPS) is 17.4. The van der Waals surface area contributed by atoms with Crippen molar-refractivity contribution in [2.45, 2.75) is 25.1 Å². The Morgan fingerprint density at radius 1 is 0.971 bits per heavy atom. The second-order valence-corrected chi connectivity index (χ2v) is 9.51. The van der Waals surface area contributed by atoms with Crippen molar-refractivity contribution >= 4 is 23.6 Å². The summed E-state index contributed by atoms with van der Waals surface area (Å²) in [6.07, 6.45) is -0.668. The van der Waals surface area contributed by atoms with E-state index in [-0.39, 0.29) is 24.2 Å². The molecular weight excluding hydrogens is 466 g/mol. The van der Waals surface area contributed by atoms with Crippen LogP contribution in [0.2, 0.25) is 0 Å². The monoisotopic (exact) mass is 493 g/mol. The van der Waals surface area contributed by atoms with Gasteiger partial charge < -0.3 is 19.3 Å². The third-order valence-electron chi connectivity index (χ3n) is 6.11. The van der Waals surface area contributed by atoms with Crippen molar-refractivity contribution < 1.29 is 19.1 Å². The highest BCUT2D eigenvalue weighted by Crippen LogP contribution is 2.31. The van der Waals surface area contributed by atoms with Gasteiger partial charge in [0.1, 0.15) is 12.4 Å². The lowest BCUT2D eigenvalue weighted by molar-refractivity contribution is -0.145. The van der Waals surface area contributed by atoms with Crippen LogP contribution in [0.4, 0.5) is 0 Å². The first-order chi connectivity index (χ1) is 17.0. The fourth-order valence-corrected chi connectivity index (χ4v) is 5.14. The fourth-order valence-electron chi connectivity index (χ4n) is 4.24. The Labute approximate surface area is 208 Å². The lowest BCUT2D eigenvalue weighted by Gasteiger charge is -2.37. The van der Waals surface area contributed by atoms with E-state index in [1.54, 1.807) is 15.9 Å². The zero-order chi connectivity index (χ0) is 24.4. The van der Waals surface area contributed by atoms with Crippen molar-refractivity contribution in [1.29, 1.82) is 0 Å². The van der Waals surface area contributed by atoms with Gasteiger partial charge in [-0.05, 0) is 43.7 Å². The minimum atomic E-state index is -0.668. The van der Waals surface area contributed by atoms with Crippen LogP contribution in [0.1, 0.15) is 11.4 Å². The third-order valence-corrected chi connectivity index (χ3v) is 7.02. The van der Waals surface area contributed by atoms with Gasteiger partial charge in [-0.2, -0.15) is 0 Å². The number of ether oxygens (including phenoxy) is 2. The first-order valence-corrected chi connectivity index (χ1v) is 12.5. The minimum absolute atomic E-state index is 0.0183. The van der Waals surface area contributed by atoms with Gasteiger partial charge in [0.2, 0.25) is 12.0 Å². The number of hydrogen-bond donors (Lipinski definition) is 0. The number of fused-ring (bicyclic) bond motifs is 1. The average molecular weight is 494 g/mol. The second kappa shape index (κ2) is 9.99. The van der Waals surface area contributed by atoms with Gasteiger partial charge in [-0.3, -0.25) is 14.2 Å². The zero-order valence-electron chi connectivity index (χ0n) is 19.7. The van der Waals surface area contributed by atoms with E-state index in [1.165, 1.54) is 11.8 Å². The highest BCUT2D eigenvalue weighted by atomic mass is 32.2. The highest BCUT2D eigenvalue weighted by molar-refractivity contribution is 7.99. The van der Waals surface area contributed by atoms with Crippen molar-refractivity contribution in [1.82, 2.24) is 24.6 Å². The Hall–Kier alpha value is -3.53. The zero-order valence-corrected chi connectivity index (χ0v) is 20.5. The maximum Gasteiger partial charge on any atom is 0.267 e. The molecule has 1 atom stereocenters. The molecule has 1 aromatic heterocycles. The Balaban J connectivity index is 1.14. The maximum absolute atomic E-state index is 12.9. The minimum Gasteiger partial charge on any atom is -0.485 e. The molecule has 0 radical (unpaired) electrons. The average Bonchev–Trinajstić information content (AvgIpc) is 3.26. The van der Waals surface area contributed by atoms with Crippen LogP contribution in [-0.2, 0) is 9.59 Å². The molecule has 0 aliphatic carbocycles. The van der Waals surface area contributed by atoms with Crippen LogP contribution in [0, 0.1) is 13.8 Å². The predicted octanol–water partition coefficient (Wildman–Crippen LogP) is 2.49. The Kier molecular flexibility index (Phi) is 6.63. The number of amides is 2. The lowest BCUT2D eigenvalue weighted by Crippen LogP contribution is -2.55. The van der Waals surface area contributed by atoms with E-state index in [2.05, 4.69) is 16.3 Å². The number of carbonyl (C=O) groups is 2. The number of piperazine rings is 1. The van der Waals surface area contributed by atoms with Crippen molar-refractivity contribution in [2.24, 2.45) is 0 Å². The van der Waals surface area contributed by atoms with Gasteiger partial charge in [0.15, 0.2) is 16.7 Å². The van der Waals surface area contributed by atoms with Gasteiger partial charge in [0.05, 0.1) is 5.75 Å². The molecule has 3 heterocycles. The number of benzene rings is 2. The van der Waals surface area contributed by atoms with E-state index in [1.807, 2.05) is 54.8 Å². The Morgan fingerprint density at radius 2 is 1.71 bits per heavy atom. The molecule has 5 rings (SSSR count). The van der Waals surface area contributed by atoms with Crippen LogP contribution >= 0.6 is 11.8 Å². The van der Waals surface area contributed by atoms with Crippen LogP contribution in [0.5, 0.6) is 11.5 Å². The first kappa shape index (κ1) is 23.2. The summed E-state index contributed by atoms with van der Waals surface area (Å²) < 4.78 is 13.5. The quantitative estimate of drug-likeness (QED) is 0.505. The van der Waals surface area contributed by atoms with Crippen molar-refractivity contribution in [3.05, 3.63) is 59.9 Å². The van der Waals surface area contributed by atoms with Gasteiger partial charge in [0, 0.05) is 31.9 Å². The summed E-state index contributed by atoms with van der Waals surface area (Å²) in [7, 11) is 0. The summed E-state index contributed by atoms with van der Waals surface area (Å²) >= 11 is 1.37. The topological polar surface area (TPSA) is 89.8 Å². The van der Waals surface area contributed by atoms with Crippen LogP contribution in [0.3, 0.4) is 0 Å². The number of hydrogen-bond acceptors (Lipinski definition) is 7. The molecule has 0 spiro atoms. The molecule has 10 heteroatoms. The molecule has 0 bridgehead atoms. The van der Waals surface area contributed by atoms with Crippen LogP contribution in [0.25, 0.3) is 5.69 Å². The molecule has 0 saturated carbocycles. The number of aromatic nitrogens is 3. The van der Waals surface area contributed by atoms with Gasteiger partial charge >= 0.3 is 0 Å². The van der Waals surface area contributed by atoms with Gasteiger partial charge in [-0.15, -0.1) is 10.2 Å². The van der Waals surface area contributed by atoms with Crippen LogP contribution in [0.15, 0.2) is 53.7 Å². The molecule has 3 aromatic rings. The van der Waals surface area contributed by atoms with Gasteiger partial charge in [-0.1, -0.05) is 36.0 Å². The molecule has 35 heavy (non-hydrogen) atoms. The number of rotatable bonds is 5. The lowest BCUT2D eigenvalue weighted by atomic mass is 10.2.